The van der Waals surface area contributed by atoms with Crippen molar-refractivity contribution in [2.75, 3.05) is 12.8 Å². The molecule has 88 valence electrons. The highest BCUT2D eigenvalue weighted by Crippen LogP contribution is 2.38. The summed E-state index contributed by atoms with van der Waals surface area (Å²) in [4.78, 5) is 11.2. The molecule has 1 aromatic rings. The first-order chi connectivity index (χ1) is 7.29. The van der Waals surface area contributed by atoms with E-state index in [1.165, 1.54) is 0 Å². The van der Waals surface area contributed by atoms with E-state index in [2.05, 4.69) is 20.7 Å². The third-order valence-electron chi connectivity index (χ3n) is 1.87. The van der Waals surface area contributed by atoms with Crippen LogP contribution in [0.1, 0.15) is 15.9 Å². The van der Waals surface area contributed by atoms with Gasteiger partial charge in [-0.1, -0.05) is 0 Å². The Hall–Kier alpha value is -1.24. The van der Waals surface area contributed by atoms with E-state index in [4.69, 9.17) is 5.73 Å². The first kappa shape index (κ1) is 12.8. The van der Waals surface area contributed by atoms with E-state index in [9.17, 15) is 18.0 Å². The number of rotatable bonds is 1. The molecule has 0 spiro atoms. The molecule has 1 aromatic carbocycles. The Morgan fingerprint density at radius 3 is 2.44 bits per heavy atom. The molecule has 0 amide bonds. The summed E-state index contributed by atoms with van der Waals surface area (Å²) in [7, 11) is 1.06. The van der Waals surface area contributed by atoms with Gasteiger partial charge >= 0.3 is 12.1 Å². The maximum absolute atomic E-state index is 12.5. The number of methoxy groups -OCH3 is 1. The summed E-state index contributed by atoms with van der Waals surface area (Å²) in [6.07, 6.45) is -4.56. The molecule has 0 bridgehead atoms. The van der Waals surface area contributed by atoms with Crippen molar-refractivity contribution < 1.29 is 22.7 Å². The van der Waals surface area contributed by atoms with Gasteiger partial charge in [0.05, 0.1) is 18.2 Å². The lowest BCUT2D eigenvalue weighted by Gasteiger charge is -2.13. The molecule has 0 unspecified atom stereocenters. The highest BCUT2D eigenvalue weighted by Gasteiger charge is 2.35. The minimum absolute atomic E-state index is 0.0771. The van der Waals surface area contributed by atoms with Gasteiger partial charge in [0.25, 0.3) is 0 Å². The SMILES string of the molecule is COC(=O)c1c(N)ccc(C(F)(F)F)c1Br. The Bertz CT molecular complexity index is 431. The molecule has 7 heteroatoms. The molecule has 0 saturated carbocycles. The Morgan fingerprint density at radius 1 is 1.44 bits per heavy atom. The molecule has 0 heterocycles. The number of carbonyl (C=O) groups is 1. The van der Waals surface area contributed by atoms with Crippen LogP contribution >= 0.6 is 15.9 Å². The predicted molar refractivity (Wildman–Crippen MR) is 54.9 cm³/mol. The second-order valence-electron chi connectivity index (χ2n) is 2.88. The number of alkyl halides is 3. The summed E-state index contributed by atoms with van der Waals surface area (Å²) >= 11 is 2.71. The van der Waals surface area contributed by atoms with Gasteiger partial charge in [-0.15, -0.1) is 0 Å². The van der Waals surface area contributed by atoms with E-state index < -0.39 is 22.2 Å². The van der Waals surface area contributed by atoms with Crippen LogP contribution < -0.4 is 5.73 Å². The number of benzene rings is 1. The maximum Gasteiger partial charge on any atom is 0.417 e. The average Bonchev–Trinajstić information content (AvgIpc) is 2.15. The van der Waals surface area contributed by atoms with Crippen molar-refractivity contribution in [2.24, 2.45) is 0 Å². The highest BCUT2D eigenvalue weighted by molar-refractivity contribution is 9.10. The zero-order valence-electron chi connectivity index (χ0n) is 8.06. The summed E-state index contributed by atoms with van der Waals surface area (Å²) in [6, 6.07) is 1.81. The molecule has 16 heavy (non-hydrogen) atoms. The lowest BCUT2D eigenvalue weighted by atomic mass is 10.1. The Balaban J connectivity index is 3.45. The van der Waals surface area contributed by atoms with Crippen LogP contribution in [-0.2, 0) is 10.9 Å². The van der Waals surface area contributed by atoms with Crippen molar-refractivity contribution in [3.05, 3.63) is 27.7 Å². The molecule has 0 saturated heterocycles. The number of ether oxygens (including phenoxy) is 1. The molecule has 1 rings (SSSR count). The fraction of sp³-hybridized carbons (Fsp3) is 0.222. The molecular formula is C9H7BrF3NO2. The molecule has 2 N–H and O–H groups in total. The van der Waals surface area contributed by atoms with Crippen molar-refractivity contribution in [3.63, 3.8) is 0 Å². The van der Waals surface area contributed by atoms with E-state index in [0.717, 1.165) is 19.2 Å². The summed E-state index contributed by atoms with van der Waals surface area (Å²) in [5.74, 6) is -0.921. The van der Waals surface area contributed by atoms with E-state index in [1.54, 1.807) is 0 Å². The Kier molecular flexibility index (Phi) is 3.47. The fourth-order valence-corrected chi connectivity index (χ4v) is 1.87. The van der Waals surface area contributed by atoms with Crippen LogP contribution in [0.25, 0.3) is 0 Å². The molecular weight excluding hydrogens is 291 g/mol. The second kappa shape index (κ2) is 4.32. The molecule has 0 aromatic heterocycles. The number of halogens is 4. The first-order valence-electron chi connectivity index (χ1n) is 4.02. The van der Waals surface area contributed by atoms with Gasteiger partial charge in [0.1, 0.15) is 0 Å². The molecule has 0 aliphatic heterocycles. The van der Waals surface area contributed by atoms with Gasteiger partial charge in [-0.25, -0.2) is 4.79 Å². The normalized spacial score (nSPS) is 11.3. The summed E-state index contributed by atoms with van der Waals surface area (Å²) in [5.41, 5.74) is 4.04. The maximum atomic E-state index is 12.5. The minimum atomic E-state index is -4.56. The molecule has 0 fully saturated rings. The topological polar surface area (TPSA) is 52.3 Å². The van der Waals surface area contributed by atoms with E-state index in [-0.39, 0.29) is 11.3 Å². The number of esters is 1. The third kappa shape index (κ3) is 2.29. The van der Waals surface area contributed by atoms with Crippen molar-refractivity contribution in [1.29, 1.82) is 0 Å². The standard InChI is InChI=1S/C9H7BrF3NO2/c1-16-8(15)6-5(14)3-2-4(7(6)10)9(11,12)13/h2-3H,14H2,1H3. The van der Waals surface area contributed by atoms with Gasteiger partial charge in [-0.05, 0) is 28.1 Å². The number of carbonyl (C=O) groups excluding carboxylic acids is 1. The summed E-state index contributed by atoms with van der Waals surface area (Å²) in [6.45, 7) is 0. The zero-order chi connectivity index (χ0) is 12.5. The van der Waals surface area contributed by atoms with Crippen molar-refractivity contribution in [2.45, 2.75) is 6.18 Å². The molecule has 0 radical (unpaired) electrons. The van der Waals surface area contributed by atoms with Gasteiger partial charge in [0.15, 0.2) is 0 Å². The fourth-order valence-electron chi connectivity index (χ4n) is 1.12. The van der Waals surface area contributed by atoms with Crippen LogP contribution in [0.5, 0.6) is 0 Å². The quantitative estimate of drug-likeness (QED) is 0.640. The predicted octanol–water partition coefficient (Wildman–Crippen LogP) is 2.84. The first-order valence-corrected chi connectivity index (χ1v) is 4.81. The van der Waals surface area contributed by atoms with Crippen LogP contribution in [-0.4, -0.2) is 13.1 Å². The van der Waals surface area contributed by atoms with E-state index in [1.807, 2.05) is 0 Å². The van der Waals surface area contributed by atoms with Crippen LogP contribution in [0.4, 0.5) is 18.9 Å². The lowest BCUT2D eigenvalue weighted by Crippen LogP contribution is -2.13. The molecule has 3 nitrogen and oxygen atoms in total. The monoisotopic (exact) mass is 297 g/mol. The largest absolute Gasteiger partial charge is 0.465 e. The number of anilines is 1. The number of nitrogen functional groups attached to an aromatic ring is 1. The minimum Gasteiger partial charge on any atom is -0.465 e. The van der Waals surface area contributed by atoms with Crippen molar-refractivity contribution in [3.8, 4) is 0 Å². The smallest absolute Gasteiger partial charge is 0.417 e. The van der Waals surface area contributed by atoms with Gasteiger partial charge in [0, 0.05) is 10.2 Å². The van der Waals surface area contributed by atoms with Crippen LogP contribution in [0.15, 0.2) is 16.6 Å². The van der Waals surface area contributed by atoms with Crippen LogP contribution in [0.2, 0.25) is 0 Å². The Morgan fingerprint density at radius 2 is 2.00 bits per heavy atom. The van der Waals surface area contributed by atoms with Gasteiger partial charge in [-0.3, -0.25) is 0 Å². The lowest BCUT2D eigenvalue weighted by molar-refractivity contribution is -0.138. The van der Waals surface area contributed by atoms with Crippen LogP contribution in [0, 0.1) is 0 Å². The highest BCUT2D eigenvalue weighted by atomic mass is 79.9. The average molecular weight is 298 g/mol. The molecule has 0 atom stereocenters. The zero-order valence-corrected chi connectivity index (χ0v) is 9.65. The van der Waals surface area contributed by atoms with Gasteiger partial charge in [0.2, 0.25) is 0 Å². The van der Waals surface area contributed by atoms with Gasteiger partial charge in [-0.2, -0.15) is 13.2 Å². The number of hydrogen-bond donors (Lipinski definition) is 1. The third-order valence-corrected chi connectivity index (χ3v) is 2.69. The van der Waals surface area contributed by atoms with Gasteiger partial charge < -0.3 is 10.5 Å². The van der Waals surface area contributed by atoms with Crippen molar-refractivity contribution >= 4 is 27.6 Å². The molecule has 0 aliphatic carbocycles. The number of nitrogens with two attached hydrogens (primary N) is 1. The molecule has 0 aliphatic rings. The summed E-state index contributed by atoms with van der Waals surface area (Å²) in [5, 5.41) is 0. The van der Waals surface area contributed by atoms with E-state index in [0.29, 0.717) is 0 Å². The van der Waals surface area contributed by atoms with Crippen molar-refractivity contribution in [1.82, 2.24) is 0 Å². The second-order valence-corrected chi connectivity index (χ2v) is 3.67. The summed E-state index contributed by atoms with van der Waals surface area (Å²) < 4.78 is 41.5. The van der Waals surface area contributed by atoms with Crippen LogP contribution in [0.3, 0.4) is 0 Å². The Labute approximate surface area is 97.5 Å². The van der Waals surface area contributed by atoms with E-state index >= 15 is 0 Å². The number of hydrogen-bond acceptors (Lipinski definition) is 3.